The summed E-state index contributed by atoms with van der Waals surface area (Å²) in [6, 6.07) is 31.1. The molecule has 0 saturated heterocycles. The van der Waals surface area contributed by atoms with Gasteiger partial charge in [0.1, 0.15) is 0 Å². The first kappa shape index (κ1) is 25.1. The standard InChI is InChI=1S/C30H32N2O4/c1-35-25-17-9-15-23(29(25)33)19-31-27(21-11-5-3-6-12-21)28(22-13-7-4-8-14-22)32-20-24-16-10-18-26(36-2)30(24)34/h3-18,27-28,31-34H,19-20H2,1-2H3/t27-,28-/m0/s1. The minimum Gasteiger partial charge on any atom is -0.504 e. The Morgan fingerprint density at radius 1 is 0.556 bits per heavy atom. The van der Waals surface area contributed by atoms with Gasteiger partial charge < -0.3 is 30.3 Å². The third kappa shape index (κ3) is 5.79. The molecule has 0 heterocycles. The minimum atomic E-state index is -0.146. The summed E-state index contributed by atoms with van der Waals surface area (Å²) in [5.41, 5.74) is 3.67. The Labute approximate surface area is 212 Å². The van der Waals surface area contributed by atoms with Crippen molar-refractivity contribution < 1.29 is 19.7 Å². The number of phenolic OH excluding ortho intramolecular Hbond substituents is 2. The zero-order chi connectivity index (χ0) is 25.3. The van der Waals surface area contributed by atoms with E-state index in [0.29, 0.717) is 24.6 Å². The van der Waals surface area contributed by atoms with E-state index in [1.54, 1.807) is 26.4 Å². The number of phenols is 2. The van der Waals surface area contributed by atoms with E-state index in [1.807, 2.05) is 60.7 Å². The van der Waals surface area contributed by atoms with E-state index >= 15 is 0 Å². The molecule has 0 aliphatic heterocycles. The van der Waals surface area contributed by atoms with Crippen LogP contribution >= 0.6 is 0 Å². The first-order chi connectivity index (χ1) is 17.6. The summed E-state index contributed by atoms with van der Waals surface area (Å²) in [4.78, 5) is 0. The molecule has 0 unspecified atom stereocenters. The van der Waals surface area contributed by atoms with Crippen molar-refractivity contribution in [1.82, 2.24) is 10.6 Å². The van der Waals surface area contributed by atoms with Crippen LogP contribution in [0.5, 0.6) is 23.0 Å². The Morgan fingerprint density at radius 2 is 0.944 bits per heavy atom. The lowest BCUT2D eigenvalue weighted by Crippen LogP contribution is -2.35. The molecule has 2 atom stereocenters. The van der Waals surface area contributed by atoms with Gasteiger partial charge in [-0.25, -0.2) is 0 Å². The van der Waals surface area contributed by atoms with Gasteiger partial charge >= 0.3 is 0 Å². The summed E-state index contributed by atoms with van der Waals surface area (Å²) in [5, 5.41) is 28.6. The van der Waals surface area contributed by atoms with Crippen LogP contribution in [0.3, 0.4) is 0 Å². The topological polar surface area (TPSA) is 83.0 Å². The molecule has 0 spiro atoms. The maximum atomic E-state index is 10.6. The molecule has 0 aliphatic carbocycles. The zero-order valence-corrected chi connectivity index (χ0v) is 20.5. The maximum absolute atomic E-state index is 10.6. The number of rotatable bonds is 11. The van der Waals surface area contributed by atoms with Crippen molar-refractivity contribution in [3.05, 3.63) is 119 Å². The monoisotopic (exact) mass is 484 g/mol. The quantitative estimate of drug-likeness (QED) is 0.226. The predicted octanol–water partition coefficient (Wildman–Crippen LogP) is 5.48. The van der Waals surface area contributed by atoms with Crippen LogP contribution in [0, 0.1) is 0 Å². The molecule has 0 aromatic heterocycles. The molecule has 0 amide bonds. The van der Waals surface area contributed by atoms with E-state index in [4.69, 9.17) is 9.47 Å². The fraction of sp³-hybridized carbons (Fsp3) is 0.200. The first-order valence-corrected chi connectivity index (χ1v) is 11.9. The molecule has 0 bridgehead atoms. The molecule has 0 radical (unpaired) electrons. The van der Waals surface area contributed by atoms with Gasteiger partial charge in [-0.2, -0.15) is 0 Å². The molecular weight excluding hydrogens is 452 g/mol. The number of aromatic hydroxyl groups is 2. The fourth-order valence-corrected chi connectivity index (χ4v) is 4.37. The van der Waals surface area contributed by atoms with Crippen molar-refractivity contribution in [2.45, 2.75) is 25.2 Å². The van der Waals surface area contributed by atoms with Gasteiger partial charge in [0.2, 0.25) is 0 Å². The van der Waals surface area contributed by atoms with E-state index in [-0.39, 0.29) is 23.6 Å². The van der Waals surface area contributed by atoms with Crippen LogP contribution in [0.25, 0.3) is 0 Å². The van der Waals surface area contributed by atoms with Gasteiger partial charge in [0.05, 0.1) is 26.3 Å². The van der Waals surface area contributed by atoms with Crippen molar-refractivity contribution in [3.63, 3.8) is 0 Å². The van der Waals surface area contributed by atoms with Crippen LogP contribution in [0.1, 0.15) is 34.3 Å². The van der Waals surface area contributed by atoms with Crippen molar-refractivity contribution >= 4 is 0 Å². The van der Waals surface area contributed by atoms with Crippen molar-refractivity contribution in [2.75, 3.05) is 14.2 Å². The Balaban J connectivity index is 1.67. The van der Waals surface area contributed by atoms with Crippen LogP contribution in [0.2, 0.25) is 0 Å². The molecule has 4 rings (SSSR count). The van der Waals surface area contributed by atoms with E-state index in [9.17, 15) is 10.2 Å². The van der Waals surface area contributed by atoms with Gasteiger partial charge in [-0.1, -0.05) is 84.9 Å². The second-order valence-electron chi connectivity index (χ2n) is 8.47. The average Bonchev–Trinajstić information content (AvgIpc) is 2.93. The molecule has 4 aromatic carbocycles. The van der Waals surface area contributed by atoms with Crippen LogP contribution in [-0.4, -0.2) is 24.4 Å². The number of benzene rings is 4. The predicted molar refractivity (Wildman–Crippen MR) is 141 cm³/mol. The summed E-state index contributed by atoms with van der Waals surface area (Å²) < 4.78 is 10.6. The van der Waals surface area contributed by atoms with Gasteiger partial charge in [-0.15, -0.1) is 0 Å². The summed E-state index contributed by atoms with van der Waals surface area (Å²) >= 11 is 0. The maximum Gasteiger partial charge on any atom is 0.162 e. The molecule has 0 aliphatic rings. The Kier molecular flexibility index (Phi) is 8.44. The number of hydrogen-bond donors (Lipinski definition) is 4. The van der Waals surface area contributed by atoms with E-state index in [0.717, 1.165) is 22.3 Å². The molecular formula is C30H32N2O4. The van der Waals surface area contributed by atoms with Crippen molar-refractivity contribution in [2.24, 2.45) is 0 Å². The second-order valence-corrected chi connectivity index (χ2v) is 8.47. The summed E-state index contributed by atoms with van der Waals surface area (Å²) in [6.07, 6.45) is 0. The normalized spacial score (nSPS) is 12.6. The Bertz CT molecular complexity index is 1150. The Hall–Kier alpha value is -4.00. The minimum absolute atomic E-state index is 0.129. The second kappa shape index (κ2) is 12.1. The number of methoxy groups -OCH3 is 2. The molecule has 6 nitrogen and oxygen atoms in total. The van der Waals surface area contributed by atoms with Gasteiger partial charge in [0, 0.05) is 24.2 Å². The molecule has 36 heavy (non-hydrogen) atoms. The highest BCUT2D eigenvalue weighted by Crippen LogP contribution is 2.34. The highest BCUT2D eigenvalue weighted by Gasteiger charge is 2.25. The molecule has 6 heteroatoms. The van der Waals surface area contributed by atoms with Crippen LogP contribution in [0.15, 0.2) is 97.1 Å². The summed E-state index contributed by atoms with van der Waals surface area (Å²) in [5.74, 6) is 1.14. The highest BCUT2D eigenvalue weighted by molar-refractivity contribution is 5.46. The molecule has 0 fully saturated rings. The summed E-state index contributed by atoms with van der Waals surface area (Å²) in [6.45, 7) is 0.857. The zero-order valence-electron chi connectivity index (χ0n) is 20.5. The largest absolute Gasteiger partial charge is 0.504 e. The third-order valence-electron chi connectivity index (χ3n) is 6.28. The smallest absolute Gasteiger partial charge is 0.162 e. The van der Waals surface area contributed by atoms with Gasteiger partial charge in [-0.05, 0) is 23.3 Å². The van der Waals surface area contributed by atoms with Crippen LogP contribution in [0.4, 0.5) is 0 Å². The lowest BCUT2D eigenvalue weighted by Gasteiger charge is -2.31. The highest BCUT2D eigenvalue weighted by atomic mass is 16.5. The molecule has 0 saturated carbocycles. The lowest BCUT2D eigenvalue weighted by atomic mass is 9.92. The first-order valence-electron chi connectivity index (χ1n) is 11.9. The number of nitrogens with one attached hydrogen (secondary N) is 2. The molecule has 186 valence electrons. The number of para-hydroxylation sites is 2. The SMILES string of the molecule is COc1cccc(CN[C@@H](c2ccccc2)[C@@H](NCc2cccc(OC)c2O)c2ccccc2)c1O. The van der Waals surface area contributed by atoms with E-state index in [2.05, 4.69) is 34.9 Å². The number of hydrogen-bond acceptors (Lipinski definition) is 6. The Morgan fingerprint density at radius 3 is 1.31 bits per heavy atom. The van der Waals surface area contributed by atoms with Crippen LogP contribution in [-0.2, 0) is 13.1 Å². The van der Waals surface area contributed by atoms with E-state index < -0.39 is 0 Å². The molecule has 4 N–H and O–H groups in total. The third-order valence-corrected chi connectivity index (χ3v) is 6.28. The van der Waals surface area contributed by atoms with Crippen LogP contribution < -0.4 is 20.1 Å². The average molecular weight is 485 g/mol. The molecule has 4 aromatic rings. The van der Waals surface area contributed by atoms with E-state index in [1.165, 1.54) is 0 Å². The van der Waals surface area contributed by atoms with Gasteiger partial charge in [0.15, 0.2) is 23.0 Å². The van der Waals surface area contributed by atoms with Gasteiger partial charge in [0.25, 0.3) is 0 Å². The van der Waals surface area contributed by atoms with Crippen molar-refractivity contribution in [1.29, 1.82) is 0 Å². The fourth-order valence-electron chi connectivity index (χ4n) is 4.37. The van der Waals surface area contributed by atoms with Crippen molar-refractivity contribution in [3.8, 4) is 23.0 Å². The number of ether oxygens (including phenoxy) is 2. The lowest BCUT2D eigenvalue weighted by molar-refractivity contribution is 0.354. The van der Waals surface area contributed by atoms with Gasteiger partial charge in [-0.3, -0.25) is 0 Å². The summed E-state index contributed by atoms with van der Waals surface area (Å²) in [7, 11) is 3.09.